The zero-order valence-electron chi connectivity index (χ0n) is 13.6. The van der Waals surface area contributed by atoms with E-state index in [0.29, 0.717) is 0 Å². The van der Waals surface area contributed by atoms with Crippen LogP contribution in [0, 0.1) is 6.92 Å². The molecular formula is C19H16N4O2. The number of aromatic nitrogens is 3. The first-order valence-corrected chi connectivity index (χ1v) is 8.13. The van der Waals surface area contributed by atoms with E-state index in [4.69, 9.17) is 9.47 Å². The van der Waals surface area contributed by atoms with E-state index in [1.54, 1.807) is 6.33 Å². The average Bonchev–Trinajstić information content (AvgIpc) is 3.29. The number of hydrogen-bond donors (Lipinski definition) is 1. The normalized spacial score (nSPS) is 17.6. The molecule has 0 fully saturated rings. The Bertz CT molecular complexity index is 975. The summed E-state index contributed by atoms with van der Waals surface area (Å²) in [6.45, 7) is 2.35. The van der Waals surface area contributed by atoms with Crippen molar-refractivity contribution in [2.24, 2.45) is 0 Å². The molecule has 6 nitrogen and oxygen atoms in total. The number of benzene rings is 2. The van der Waals surface area contributed by atoms with Crippen LogP contribution in [0.2, 0.25) is 0 Å². The molecule has 6 heteroatoms. The minimum absolute atomic E-state index is 0.0141. The molecule has 1 atom stereocenters. The number of nitrogens with one attached hydrogen (secondary N) is 1. The van der Waals surface area contributed by atoms with Crippen molar-refractivity contribution in [1.29, 1.82) is 0 Å². The maximum atomic E-state index is 5.50. The van der Waals surface area contributed by atoms with Gasteiger partial charge >= 0.3 is 0 Å². The smallest absolute Gasteiger partial charge is 0.231 e. The standard InChI is InChI=1S/C19H16N4O2/c1-12-2-4-13(5-3-12)16-9-15(22-19-20-10-21-23(16)19)14-6-7-17-18(8-14)25-11-24-17/h2-10,16H,11H2,1H3,(H,20,21,22)/t16-/m1/s1. The van der Waals surface area contributed by atoms with Gasteiger partial charge in [-0.25, -0.2) is 4.68 Å². The van der Waals surface area contributed by atoms with Gasteiger partial charge < -0.3 is 14.8 Å². The van der Waals surface area contributed by atoms with Crippen LogP contribution in [0.4, 0.5) is 5.95 Å². The summed E-state index contributed by atoms with van der Waals surface area (Å²) in [6.07, 6.45) is 3.73. The highest BCUT2D eigenvalue weighted by atomic mass is 16.7. The van der Waals surface area contributed by atoms with Crippen molar-refractivity contribution in [3.05, 3.63) is 71.6 Å². The first-order chi connectivity index (χ1) is 12.3. The van der Waals surface area contributed by atoms with Crippen LogP contribution in [0.3, 0.4) is 0 Å². The predicted octanol–water partition coefficient (Wildman–Crippen LogP) is 3.37. The summed E-state index contributed by atoms with van der Waals surface area (Å²) >= 11 is 0. The molecule has 3 heterocycles. The molecule has 2 aromatic carbocycles. The largest absolute Gasteiger partial charge is 0.454 e. The molecule has 0 saturated carbocycles. The monoisotopic (exact) mass is 332 g/mol. The van der Waals surface area contributed by atoms with Crippen molar-refractivity contribution in [2.45, 2.75) is 13.0 Å². The summed E-state index contributed by atoms with van der Waals surface area (Å²) < 4.78 is 12.8. The Kier molecular flexibility index (Phi) is 3.03. The van der Waals surface area contributed by atoms with Crippen LogP contribution in [0.15, 0.2) is 54.9 Å². The lowest BCUT2D eigenvalue weighted by Crippen LogP contribution is -2.20. The fourth-order valence-corrected chi connectivity index (χ4v) is 3.17. The van der Waals surface area contributed by atoms with E-state index < -0.39 is 0 Å². The third-order valence-corrected chi connectivity index (χ3v) is 4.51. The first-order valence-electron chi connectivity index (χ1n) is 8.13. The molecule has 2 aliphatic heterocycles. The van der Waals surface area contributed by atoms with Crippen molar-refractivity contribution in [3.63, 3.8) is 0 Å². The maximum absolute atomic E-state index is 5.50. The topological polar surface area (TPSA) is 61.2 Å². The molecule has 1 N–H and O–H groups in total. The second-order valence-corrected chi connectivity index (χ2v) is 6.16. The lowest BCUT2D eigenvalue weighted by Gasteiger charge is -2.24. The molecule has 0 bridgehead atoms. The number of allylic oxidation sites excluding steroid dienone is 1. The predicted molar refractivity (Wildman–Crippen MR) is 93.5 cm³/mol. The van der Waals surface area contributed by atoms with Gasteiger partial charge in [0.2, 0.25) is 12.7 Å². The Hall–Kier alpha value is -3.28. The number of ether oxygens (including phenoxy) is 2. The molecule has 25 heavy (non-hydrogen) atoms. The first kappa shape index (κ1) is 14.1. The van der Waals surface area contributed by atoms with E-state index in [-0.39, 0.29) is 12.8 Å². The van der Waals surface area contributed by atoms with Gasteiger partial charge in [0.05, 0.1) is 0 Å². The summed E-state index contributed by atoms with van der Waals surface area (Å²) in [5.74, 6) is 2.26. The summed E-state index contributed by atoms with van der Waals surface area (Å²) in [7, 11) is 0. The van der Waals surface area contributed by atoms with Gasteiger partial charge in [0.25, 0.3) is 0 Å². The maximum Gasteiger partial charge on any atom is 0.231 e. The second-order valence-electron chi connectivity index (χ2n) is 6.16. The second kappa shape index (κ2) is 5.37. The van der Waals surface area contributed by atoms with Crippen molar-refractivity contribution < 1.29 is 9.47 Å². The summed E-state index contributed by atoms with van der Waals surface area (Å²) in [6, 6.07) is 14.4. The molecule has 0 unspecified atom stereocenters. The van der Waals surface area contributed by atoms with Crippen molar-refractivity contribution in [3.8, 4) is 11.5 Å². The number of anilines is 1. The van der Waals surface area contributed by atoms with Crippen LogP contribution in [0.1, 0.15) is 22.7 Å². The highest BCUT2D eigenvalue weighted by molar-refractivity contribution is 5.78. The van der Waals surface area contributed by atoms with E-state index >= 15 is 0 Å². The van der Waals surface area contributed by atoms with Crippen LogP contribution >= 0.6 is 0 Å². The molecule has 2 aliphatic rings. The van der Waals surface area contributed by atoms with Crippen LogP contribution in [-0.2, 0) is 0 Å². The van der Waals surface area contributed by atoms with Crippen LogP contribution in [0.25, 0.3) is 5.70 Å². The highest BCUT2D eigenvalue weighted by Gasteiger charge is 2.24. The minimum Gasteiger partial charge on any atom is -0.454 e. The van der Waals surface area contributed by atoms with Crippen molar-refractivity contribution in [2.75, 3.05) is 12.1 Å². The fourth-order valence-electron chi connectivity index (χ4n) is 3.17. The lowest BCUT2D eigenvalue weighted by atomic mass is 10.0. The van der Waals surface area contributed by atoms with Gasteiger partial charge in [-0.2, -0.15) is 10.1 Å². The minimum atomic E-state index is -0.0141. The van der Waals surface area contributed by atoms with Crippen LogP contribution in [-0.4, -0.2) is 21.6 Å². The van der Waals surface area contributed by atoms with Gasteiger partial charge in [-0.3, -0.25) is 0 Å². The Morgan fingerprint density at radius 2 is 1.92 bits per heavy atom. The molecule has 124 valence electrons. The number of hydrogen-bond acceptors (Lipinski definition) is 5. The van der Waals surface area contributed by atoms with Crippen LogP contribution in [0.5, 0.6) is 11.5 Å². The summed E-state index contributed by atoms with van der Waals surface area (Å²) in [4.78, 5) is 4.34. The number of aryl methyl sites for hydroxylation is 1. The van der Waals surface area contributed by atoms with E-state index in [0.717, 1.165) is 34.3 Å². The Balaban J connectivity index is 1.59. The van der Waals surface area contributed by atoms with Gasteiger partial charge in [-0.1, -0.05) is 29.8 Å². The van der Waals surface area contributed by atoms with Crippen LogP contribution < -0.4 is 14.8 Å². The van der Waals surface area contributed by atoms with Gasteiger partial charge in [-0.05, 0) is 36.8 Å². The molecule has 0 aliphatic carbocycles. The molecular weight excluding hydrogens is 316 g/mol. The summed E-state index contributed by atoms with van der Waals surface area (Å²) in [5, 5.41) is 7.73. The van der Waals surface area contributed by atoms with Gasteiger partial charge in [0, 0.05) is 11.3 Å². The molecule has 0 amide bonds. The summed E-state index contributed by atoms with van der Waals surface area (Å²) in [5.41, 5.74) is 4.40. The molecule has 0 spiro atoms. The fraction of sp³-hybridized carbons (Fsp3) is 0.158. The van der Waals surface area contributed by atoms with Gasteiger partial charge in [-0.15, -0.1) is 0 Å². The van der Waals surface area contributed by atoms with Gasteiger partial charge in [0.15, 0.2) is 11.5 Å². The molecule has 3 aromatic rings. The van der Waals surface area contributed by atoms with Crippen molar-refractivity contribution >= 4 is 11.6 Å². The SMILES string of the molecule is Cc1ccc([C@H]2C=C(c3ccc4c(c3)OCO4)Nc3ncnn32)cc1. The average molecular weight is 332 g/mol. The molecule has 5 rings (SSSR count). The van der Waals surface area contributed by atoms with E-state index in [9.17, 15) is 0 Å². The van der Waals surface area contributed by atoms with E-state index in [1.165, 1.54) is 5.56 Å². The van der Waals surface area contributed by atoms with E-state index in [1.807, 2.05) is 22.9 Å². The zero-order chi connectivity index (χ0) is 16.8. The molecule has 0 saturated heterocycles. The quantitative estimate of drug-likeness (QED) is 0.779. The highest BCUT2D eigenvalue weighted by Crippen LogP contribution is 2.37. The Morgan fingerprint density at radius 1 is 1.08 bits per heavy atom. The lowest BCUT2D eigenvalue weighted by molar-refractivity contribution is 0.174. The van der Waals surface area contributed by atoms with Gasteiger partial charge in [0.1, 0.15) is 12.4 Å². The number of rotatable bonds is 2. The molecule has 0 radical (unpaired) electrons. The molecule has 1 aromatic heterocycles. The Labute approximate surface area is 144 Å². The third kappa shape index (κ3) is 2.34. The van der Waals surface area contributed by atoms with Crippen molar-refractivity contribution in [1.82, 2.24) is 14.8 Å². The number of nitrogens with zero attached hydrogens (tertiary/aromatic N) is 3. The zero-order valence-corrected chi connectivity index (χ0v) is 13.6. The Morgan fingerprint density at radius 3 is 2.80 bits per heavy atom. The third-order valence-electron chi connectivity index (χ3n) is 4.51. The number of fused-ring (bicyclic) bond motifs is 2. The van der Waals surface area contributed by atoms with E-state index in [2.05, 4.69) is 52.7 Å².